The quantitative estimate of drug-likeness (QED) is 0.756. The van der Waals surface area contributed by atoms with Gasteiger partial charge in [-0.3, -0.25) is 4.79 Å². The Morgan fingerprint density at radius 1 is 1.43 bits per heavy atom. The summed E-state index contributed by atoms with van der Waals surface area (Å²) in [7, 11) is 0. The predicted molar refractivity (Wildman–Crippen MR) is 57.0 cm³/mol. The van der Waals surface area contributed by atoms with E-state index in [1.54, 1.807) is 0 Å². The van der Waals surface area contributed by atoms with Gasteiger partial charge in [0.05, 0.1) is 5.60 Å². The number of rotatable bonds is 3. The Bertz CT molecular complexity index is 232. The molecule has 2 nitrogen and oxygen atoms in total. The van der Waals surface area contributed by atoms with Gasteiger partial charge >= 0.3 is 0 Å². The van der Waals surface area contributed by atoms with Crippen molar-refractivity contribution in [2.45, 2.75) is 59.0 Å². The van der Waals surface area contributed by atoms with Crippen LogP contribution in [0.5, 0.6) is 0 Å². The second-order valence-electron chi connectivity index (χ2n) is 5.09. The van der Waals surface area contributed by atoms with Gasteiger partial charge in [-0.2, -0.15) is 0 Å². The maximum atomic E-state index is 11.7. The molecule has 1 rings (SSSR count). The summed E-state index contributed by atoms with van der Waals surface area (Å²) in [5.74, 6) is 0.250. The molecule has 1 fully saturated rings. The average Bonchev–Trinajstić information content (AvgIpc) is 2.40. The molecule has 0 radical (unpaired) electrons. The van der Waals surface area contributed by atoms with Crippen LogP contribution in [0, 0.1) is 11.3 Å². The SMILES string of the molecule is CCC(=O)C(C)C1(C)CCCC1(C)O. The molecule has 0 amide bonds. The highest BCUT2D eigenvalue weighted by Gasteiger charge is 2.51. The van der Waals surface area contributed by atoms with Crippen LogP contribution in [0.4, 0.5) is 0 Å². The van der Waals surface area contributed by atoms with Crippen LogP contribution >= 0.6 is 0 Å². The smallest absolute Gasteiger partial charge is 0.136 e. The Kier molecular flexibility index (Phi) is 3.05. The summed E-state index contributed by atoms with van der Waals surface area (Å²) >= 11 is 0. The minimum Gasteiger partial charge on any atom is -0.390 e. The number of hydrogen-bond acceptors (Lipinski definition) is 2. The maximum Gasteiger partial charge on any atom is 0.136 e. The zero-order valence-electron chi connectivity index (χ0n) is 9.76. The minimum atomic E-state index is -0.669. The molecular formula is C12H22O2. The standard InChI is InChI=1S/C12H22O2/c1-5-10(13)9(2)11(3)7-6-8-12(11,4)14/h9,14H,5-8H2,1-4H3. The molecule has 14 heavy (non-hydrogen) atoms. The van der Waals surface area contributed by atoms with Gasteiger partial charge in [-0.1, -0.05) is 20.8 Å². The lowest BCUT2D eigenvalue weighted by Gasteiger charge is -2.41. The van der Waals surface area contributed by atoms with Crippen molar-refractivity contribution < 1.29 is 9.90 Å². The lowest BCUT2D eigenvalue weighted by Crippen LogP contribution is -2.46. The average molecular weight is 198 g/mol. The van der Waals surface area contributed by atoms with Gasteiger partial charge in [-0.25, -0.2) is 0 Å². The van der Waals surface area contributed by atoms with E-state index in [2.05, 4.69) is 6.92 Å². The number of carbonyl (C=O) groups excluding carboxylic acids is 1. The van der Waals surface area contributed by atoms with Gasteiger partial charge in [0.25, 0.3) is 0 Å². The fourth-order valence-corrected chi connectivity index (χ4v) is 2.70. The molecule has 0 heterocycles. The van der Waals surface area contributed by atoms with Gasteiger partial charge in [-0.05, 0) is 26.2 Å². The van der Waals surface area contributed by atoms with E-state index in [1.807, 2.05) is 20.8 Å². The van der Waals surface area contributed by atoms with Gasteiger partial charge in [0.2, 0.25) is 0 Å². The van der Waals surface area contributed by atoms with Gasteiger partial charge in [-0.15, -0.1) is 0 Å². The van der Waals surface area contributed by atoms with Crippen LogP contribution in [0.3, 0.4) is 0 Å². The van der Waals surface area contributed by atoms with Crippen molar-refractivity contribution in [1.82, 2.24) is 0 Å². The molecule has 82 valence electrons. The predicted octanol–water partition coefficient (Wildman–Crippen LogP) is 2.54. The lowest BCUT2D eigenvalue weighted by atomic mass is 9.66. The van der Waals surface area contributed by atoms with Crippen molar-refractivity contribution in [1.29, 1.82) is 0 Å². The number of hydrogen-bond donors (Lipinski definition) is 1. The van der Waals surface area contributed by atoms with Crippen LogP contribution < -0.4 is 0 Å². The Hall–Kier alpha value is -0.370. The molecule has 3 unspecified atom stereocenters. The van der Waals surface area contributed by atoms with E-state index in [1.165, 1.54) is 0 Å². The van der Waals surface area contributed by atoms with Crippen LogP contribution in [-0.4, -0.2) is 16.5 Å². The second-order valence-corrected chi connectivity index (χ2v) is 5.09. The highest BCUT2D eigenvalue weighted by molar-refractivity contribution is 5.81. The minimum absolute atomic E-state index is 0.0231. The van der Waals surface area contributed by atoms with Crippen molar-refractivity contribution in [3.05, 3.63) is 0 Å². The summed E-state index contributed by atoms with van der Waals surface area (Å²) in [6, 6.07) is 0. The Labute approximate surface area is 86.7 Å². The monoisotopic (exact) mass is 198 g/mol. The number of Topliss-reactive ketones (excluding diaryl/α,β-unsaturated/α-hetero) is 1. The van der Waals surface area contributed by atoms with Crippen LogP contribution in [0.1, 0.15) is 53.4 Å². The first kappa shape index (κ1) is 11.7. The molecule has 3 atom stereocenters. The van der Waals surface area contributed by atoms with E-state index in [4.69, 9.17) is 0 Å². The highest BCUT2D eigenvalue weighted by Crippen LogP contribution is 2.51. The molecule has 0 aromatic carbocycles. The fourth-order valence-electron chi connectivity index (χ4n) is 2.70. The van der Waals surface area contributed by atoms with E-state index in [0.29, 0.717) is 6.42 Å². The van der Waals surface area contributed by atoms with Crippen LogP contribution in [0.25, 0.3) is 0 Å². The van der Waals surface area contributed by atoms with Gasteiger partial charge in [0, 0.05) is 17.8 Å². The van der Waals surface area contributed by atoms with E-state index < -0.39 is 5.60 Å². The van der Waals surface area contributed by atoms with Crippen molar-refractivity contribution in [2.24, 2.45) is 11.3 Å². The molecule has 1 saturated carbocycles. The summed E-state index contributed by atoms with van der Waals surface area (Å²) in [4.78, 5) is 11.7. The third-order valence-electron chi connectivity index (χ3n) is 4.38. The summed E-state index contributed by atoms with van der Waals surface area (Å²) in [5.41, 5.74) is -0.892. The van der Waals surface area contributed by atoms with E-state index in [0.717, 1.165) is 19.3 Å². The van der Waals surface area contributed by atoms with Crippen LogP contribution in [-0.2, 0) is 4.79 Å². The van der Waals surface area contributed by atoms with E-state index in [9.17, 15) is 9.90 Å². The summed E-state index contributed by atoms with van der Waals surface area (Å²) in [6.45, 7) is 7.79. The largest absolute Gasteiger partial charge is 0.390 e. The molecule has 0 aliphatic heterocycles. The van der Waals surface area contributed by atoms with Crippen LogP contribution in [0.15, 0.2) is 0 Å². The molecule has 0 bridgehead atoms. The van der Waals surface area contributed by atoms with Gasteiger partial charge < -0.3 is 5.11 Å². The Morgan fingerprint density at radius 3 is 2.36 bits per heavy atom. The van der Waals surface area contributed by atoms with Gasteiger partial charge in [0.15, 0.2) is 0 Å². The fraction of sp³-hybridized carbons (Fsp3) is 0.917. The third kappa shape index (κ3) is 1.60. The van der Waals surface area contributed by atoms with Crippen molar-refractivity contribution in [3.63, 3.8) is 0 Å². The zero-order valence-corrected chi connectivity index (χ0v) is 9.76. The molecule has 1 aliphatic rings. The van der Waals surface area contributed by atoms with E-state index in [-0.39, 0.29) is 17.1 Å². The lowest BCUT2D eigenvalue weighted by molar-refractivity contribution is -0.134. The van der Waals surface area contributed by atoms with Crippen molar-refractivity contribution in [3.8, 4) is 0 Å². The molecule has 0 saturated heterocycles. The van der Waals surface area contributed by atoms with Crippen LogP contribution in [0.2, 0.25) is 0 Å². The van der Waals surface area contributed by atoms with E-state index >= 15 is 0 Å². The first-order valence-electron chi connectivity index (χ1n) is 5.60. The summed E-state index contributed by atoms with van der Waals surface area (Å²) in [6.07, 6.45) is 3.40. The zero-order chi connectivity index (χ0) is 11.0. The normalized spacial score (nSPS) is 39.8. The maximum absolute atomic E-state index is 11.7. The summed E-state index contributed by atoms with van der Waals surface area (Å²) < 4.78 is 0. The van der Waals surface area contributed by atoms with Crippen molar-refractivity contribution >= 4 is 5.78 Å². The molecule has 0 spiro atoms. The third-order valence-corrected chi connectivity index (χ3v) is 4.38. The molecule has 0 aromatic heterocycles. The van der Waals surface area contributed by atoms with Gasteiger partial charge in [0.1, 0.15) is 5.78 Å². The highest BCUT2D eigenvalue weighted by atomic mass is 16.3. The molecule has 0 aromatic rings. The molecule has 2 heteroatoms. The Morgan fingerprint density at radius 2 is 2.00 bits per heavy atom. The molecular weight excluding hydrogens is 176 g/mol. The molecule has 1 N–H and O–H groups in total. The second kappa shape index (κ2) is 3.65. The first-order valence-corrected chi connectivity index (χ1v) is 5.60. The number of carbonyl (C=O) groups is 1. The molecule has 1 aliphatic carbocycles. The van der Waals surface area contributed by atoms with Crippen molar-refractivity contribution in [2.75, 3.05) is 0 Å². The summed E-state index contributed by atoms with van der Waals surface area (Å²) in [5, 5.41) is 10.3. The topological polar surface area (TPSA) is 37.3 Å². The first-order chi connectivity index (χ1) is 6.35. The Balaban J connectivity index is 2.89. The number of aliphatic hydroxyl groups is 1. The number of ketones is 1.